The molecule has 1 atom stereocenters. The average Bonchev–Trinajstić information content (AvgIpc) is 3.09. The fourth-order valence-electron chi connectivity index (χ4n) is 5.16. The molecule has 3 nitrogen and oxygen atoms in total. The van der Waals surface area contributed by atoms with Crippen LogP contribution in [0.5, 0.6) is 0 Å². The highest BCUT2D eigenvalue weighted by atomic mass is 19.1. The monoisotopic (exact) mass is 358 g/mol. The minimum Gasteiger partial charge on any atom is -0.390 e. The topological polar surface area (TPSA) is 28.4 Å². The number of nitrogens with zero attached hydrogens (tertiary/aromatic N) is 2. The van der Waals surface area contributed by atoms with Crippen LogP contribution in [0.1, 0.15) is 55.8 Å². The van der Waals surface area contributed by atoms with E-state index in [0.29, 0.717) is 6.54 Å². The quantitative estimate of drug-likeness (QED) is 0.879. The van der Waals surface area contributed by atoms with Crippen LogP contribution in [0.3, 0.4) is 0 Å². The number of rotatable bonds is 4. The largest absolute Gasteiger partial charge is 0.390 e. The molecule has 1 unspecified atom stereocenters. The molecule has 0 amide bonds. The average molecular weight is 359 g/mol. The highest BCUT2D eigenvalue weighted by Crippen LogP contribution is 2.39. The van der Waals surface area contributed by atoms with Gasteiger partial charge in [-0.15, -0.1) is 0 Å². The van der Waals surface area contributed by atoms with E-state index in [2.05, 4.69) is 41.6 Å². The number of aromatic nitrogens is 1. The minimum absolute atomic E-state index is 0.236. The number of halogens is 1. The van der Waals surface area contributed by atoms with Gasteiger partial charge in [0.05, 0.1) is 12.1 Å². The molecule has 1 aromatic heterocycles. The Morgan fingerprint density at radius 1 is 1.27 bits per heavy atom. The van der Waals surface area contributed by atoms with Crippen molar-refractivity contribution in [3.05, 3.63) is 35.0 Å². The molecule has 4 rings (SSSR count). The summed E-state index contributed by atoms with van der Waals surface area (Å²) in [5.41, 5.74) is 2.79. The van der Waals surface area contributed by atoms with Crippen LogP contribution in [0, 0.1) is 6.92 Å². The number of aliphatic hydroxyl groups is 1. The molecule has 2 aliphatic rings. The van der Waals surface area contributed by atoms with Crippen molar-refractivity contribution in [1.82, 2.24) is 9.47 Å². The predicted octanol–water partition coefficient (Wildman–Crippen LogP) is 4.36. The number of fused-ring (bicyclic) bond motifs is 3. The van der Waals surface area contributed by atoms with Gasteiger partial charge in [0.2, 0.25) is 0 Å². The van der Waals surface area contributed by atoms with E-state index in [1.54, 1.807) is 6.92 Å². The SMILES string of the molecule is Cc1ccc2c(c1)c1c(n2CC(C)(F)CC2(O)CCCC2)CCN(C)C1. The van der Waals surface area contributed by atoms with Crippen molar-refractivity contribution >= 4 is 10.9 Å². The summed E-state index contributed by atoms with van der Waals surface area (Å²) in [6.45, 7) is 6.05. The van der Waals surface area contributed by atoms with Gasteiger partial charge in [-0.25, -0.2) is 4.39 Å². The number of aryl methyl sites for hydroxylation is 1. The Hall–Kier alpha value is -1.39. The third kappa shape index (κ3) is 3.29. The molecule has 2 aromatic rings. The summed E-state index contributed by atoms with van der Waals surface area (Å²) in [6, 6.07) is 6.50. The van der Waals surface area contributed by atoms with Crippen LogP contribution >= 0.6 is 0 Å². The summed E-state index contributed by atoms with van der Waals surface area (Å²) in [4.78, 5) is 2.34. The molecule has 2 heterocycles. The van der Waals surface area contributed by atoms with Gasteiger partial charge < -0.3 is 14.6 Å². The maximum Gasteiger partial charge on any atom is 0.128 e. The summed E-state index contributed by atoms with van der Waals surface area (Å²) in [5.74, 6) is 0. The van der Waals surface area contributed by atoms with Gasteiger partial charge in [0.1, 0.15) is 5.67 Å². The number of hydrogen-bond acceptors (Lipinski definition) is 2. The van der Waals surface area contributed by atoms with Gasteiger partial charge in [0.25, 0.3) is 0 Å². The van der Waals surface area contributed by atoms with Crippen LogP contribution in [0.25, 0.3) is 10.9 Å². The van der Waals surface area contributed by atoms with Crippen molar-refractivity contribution in [2.45, 2.75) is 76.7 Å². The van der Waals surface area contributed by atoms with Gasteiger partial charge in [-0.1, -0.05) is 24.5 Å². The van der Waals surface area contributed by atoms with Gasteiger partial charge in [0, 0.05) is 42.5 Å². The second kappa shape index (κ2) is 6.35. The lowest BCUT2D eigenvalue weighted by atomic mass is 9.88. The van der Waals surface area contributed by atoms with E-state index >= 15 is 4.39 Å². The Morgan fingerprint density at radius 2 is 2.00 bits per heavy atom. The number of benzene rings is 1. The van der Waals surface area contributed by atoms with E-state index < -0.39 is 11.3 Å². The van der Waals surface area contributed by atoms with Crippen molar-refractivity contribution in [3.8, 4) is 0 Å². The molecule has 1 fully saturated rings. The normalized spacial score (nSPS) is 22.5. The summed E-state index contributed by atoms with van der Waals surface area (Å²) in [6.07, 6.45) is 4.70. The third-order valence-electron chi connectivity index (χ3n) is 6.32. The maximum atomic E-state index is 15.6. The first-order valence-corrected chi connectivity index (χ1v) is 9.97. The van der Waals surface area contributed by atoms with Crippen molar-refractivity contribution in [2.75, 3.05) is 13.6 Å². The molecule has 26 heavy (non-hydrogen) atoms. The molecular weight excluding hydrogens is 327 g/mol. The van der Waals surface area contributed by atoms with E-state index in [1.165, 1.54) is 22.2 Å². The first-order chi connectivity index (χ1) is 12.3. The highest BCUT2D eigenvalue weighted by Gasteiger charge is 2.40. The molecule has 1 aromatic carbocycles. The lowest BCUT2D eigenvalue weighted by Gasteiger charge is -2.32. The molecule has 0 radical (unpaired) electrons. The second-order valence-corrected chi connectivity index (χ2v) is 9.04. The summed E-state index contributed by atoms with van der Waals surface area (Å²) >= 11 is 0. The van der Waals surface area contributed by atoms with Crippen LogP contribution < -0.4 is 0 Å². The fourth-order valence-corrected chi connectivity index (χ4v) is 5.16. The van der Waals surface area contributed by atoms with E-state index in [4.69, 9.17) is 0 Å². The Kier molecular flexibility index (Phi) is 4.39. The van der Waals surface area contributed by atoms with Gasteiger partial charge in [-0.3, -0.25) is 0 Å². The van der Waals surface area contributed by atoms with E-state index in [1.807, 2.05) is 0 Å². The van der Waals surface area contributed by atoms with Crippen molar-refractivity contribution in [1.29, 1.82) is 0 Å². The van der Waals surface area contributed by atoms with Crippen molar-refractivity contribution in [2.24, 2.45) is 0 Å². The molecule has 0 saturated heterocycles. The second-order valence-electron chi connectivity index (χ2n) is 9.04. The Bertz CT molecular complexity index is 817. The molecule has 1 aliphatic heterocycles. The molecule has 0 bridgehead atoms. The molecule has 1 saturated carbocycles. The van der Waals surface area contributed by atoms with E-state index in [-0.39, 0.29) is 6.42 Å². The summed E-state index contributed by atoms with van der Waals surface area (Å²) in [7, 11) is 2.15. The zero-order valence-corrected chi connectivity index (χ0v) is 16.3. The van der Waals surface area contributed by atoms with Gasteiger partial charge in [-0.2, -0.15) is 0 Å². The molecular formula is C22H31FN2O. The van der Waals surface area contributed by atoms with Gasteiger partial charge in [-0.05, 0) is 51.4 Å². The van der Waals surface area contributed by atoms with Crippen molar-refractivity contribution < 1.29 is 9.50 Å². The van der Waals surface area contributed by atoms with Crippen LogP contribution in [-0.2, 0) is 19.5 Å². The number of alkyl halides is 1. The predicted molar refractivity (Wildman–Crippen MR) is 104 cm³/mol. The van der Waals surface area contributed by atoms with Crippen LogP contribution in [0.2, 0.25) is 0 Å². The van der Waals surface area contributed by atoms with Gasteiger partial charge in [0.15, 0.2) is 0 Å². The molecule has 4 heteroatoms. The molecule has 1 N–H and O–H groups in total. The Labute approximate surface area is 155 Å². The lowest BCUT2D eigenvalue weighted by molar-refractivity contribution is -0.0191. The third-order valence-corrected chi connectivity index (χ3v) is 6.32. The Balaban J connectivity index is 1.72. The van der Waals surface area contributed by atoms with E-state index in [9.17, 15) is 5.11 Å². The molecule has 142 valence electrons. The zero-order valence-electron chi connectivity index (χ0n) is 16.3. The maximum absolute atomic E-state index is 15.6. The highest BCUT2D eigenvalue weighted by molar-refractivity contribution is 5.86. The molecule has 1 aliphatic carbocycles. The lowest BCUT2D eigenvalue weighted by Crippen LogP contribution is -2.38. The van der Waals surface area contributed by atoms with Gasteiger partial charge >= 0.3 is 0 Å². The summed E-state index contributed by atoms with van der Waals surface area (Å²) < 4.78 is 17.8. The minimum atomic E-state index is -1.41. The number of hydrogen-bond donors (Lipinski definition) is 1. The first-order valence-electron chi connectivity index (χ1n) is 9.97. The number of likely N-dealkylation sites (N-methyl/N-ethyl adjacent to an activating group) is 1. The van der Waals surface area contributed by atoms with E-state index in [0.717, 1.165) is 50.7 Å². The van der Waals surface area contributed by atoms with Crippen molar-refractivity contribution in [3.63, 3.8) is 0 Å². The summed E-state index contributed by atoms with van der Waals surface area (Å²) in [5, 5.41) is 12.0. The first kappa shape index (κ1) is 18.0. The smallest absolute Gasteiger partial charge is 0.128 e. The zero-order chi connectivity index (χ0) is 18.5. The van der Waals surface area contributed by atoms with Crippen LogP contribution in [-0.4, -0.2) is 39.4 Å². The van der Waals surface area contributed by atoms with Crippen LogP contribution in [0.15, 0.2) is 18.2 Å². The Morgan fingerprint density at radius 3 is 2.73 bits per heavy atom. The standard InChI is InChI=1S/C22H31FN2O/c1-16-6-7-19-17(12-16)18-13-24(3)11-8-20(18)25(19)15-21(2,23)14-22(26)9-4-5-10-22/h6-7,12,26H,4-5,8-11,13-15H2,1-3H3. The molecule has 0 spiro atoms. The van der Waals surface area contributed by atoms with Crippen LogP contribution in [0.4, 0.5) is 4.39 Å². The fraction of sp³-hybridized carbons (Fsp3) is 0.636.